The Bertz CT molecular complexity index is 402. The number of nitrogens with zero attached hydrogens (tertiary/aromatic N) is 1. The molecule has 0 atom stereocenters. The van der Waals surface area contributed by atoms with Crippen LogP contribution in [0.2, 0.25) is 0 Å². The predicted octanol–water partition coefficient (Wildman–Crippen LogP) is 2.02. The van der Waals surface area contributed by atoms with Crippen molar-refractivity contribution in [1.29, 1.82) is 0 Å². The van der Waals surface area contributed by atoms with Crippen LogP contribution >= 0.6 is 0 Å². The van der Waals surface area contributed by atoms with Crippen LogP contribution in [0.15, 0.2) is 22.7 Å². The molecule has 2 rings (SSSR count). The minimum Gasteiger partial charge on any atom is -0.460 e. The van der Waals surface area contributed by atoms with Gasteiger partial charge in [-0.1, -0.05) is 0 Å². The Morgan fingerprint density at radius 3 is 2.85 bits per heavy atom. The van der Waals surface area contributed by atoms with E-state index in [1.807, 2.05) is 26.1 Å². The minimum absolute atomic E-state index is 0.740. The lowest BCUT2D eigenvalue weighted by Crippen LogP contribution is -1.88. The van der Waals surface area contributed by atoms with Crippen molar-refractivity contribution in [2.75, 3.05) is 12.4 Å². The summed E-state index contributed by atoms with van der Waals surface area (Å²) in [5, 5.41) is 2.92. The van der Waals surface area contributed by atoms with Crippen molar-refractivity contribution in [3.8, 4) is 11.5 Å². The summed E-state index contributed by atoms with van der Waals surface area (Å²) in [6.45, 7) is 1.92. The highest BCUT2D eigenvalue weighted by Crippen LogP contribution is 2.20. The fourth-order valence-electron chi connectivity index (χ4n) is 1.15. The van der Waals surface area contributed by atoms with Crippen LogP contribution in [0.1, 0.15) is 5.76 Å². The second-order valence-corrected chi connectivity index (χ2v) is 2.81. The van der Waals surface area contributed by atoms with E-state index in [9.17, 15) is 0 Å². The highest BCUT2D eigenvalue weighted by atomic mass is 16.3. The fourth-order valence-corrected chi connectivity index (χ4v) is 1.15. The Kier molecular flexibility index (Phi) is 1.81. The maximum absolute atomic E-state index is 5.43. The van der Waals surface area contributed by atoms with Crippen molar-refractivity contribution in [2.45, 2.75) is 6.92 Å². The van der Waals surface area contributed by atoms with E-state index < -0.39 is 0 Å². The molecule has 2 aromatic heterocycles. The van der Waals surface area contributed by atoms with Gasteiger partial charge in [0, 0.05) is 7.05 Å². The molecule has 2 heterocycles. The van der Waals surface area contributed by atoms with Crippen molar-refractivity contribution >= 4 is 5.95 Å². The van der Waals surface area contributed by atoms with E-state index in [0.29, 0.717) is 0 Å². The first-order chi connectivity index (χ1) is 6.29. The van der Waals surface area contributed by atoms with Crippen LogP contribution in [0.4, 0.5) is 5.95 Å². The molecule has 0 saturated heterocycles. The maximum atomic E-state index is 5.43. The summed E-state index contributed by atoms with van der Waals surface area (Å²) < 4.78 is 5.43. The molecule has 2 N–H and O–H groups in total. The fraction of sp³-hybridized carbons (Fsp3) is 0.222. The number of anilines is 1. The summed E-state index contributed by atoms with van der Waals surface area (Å²) in [7, 11) is 1.82. The van der Waals surface area contributed by atoms with Gasteiger partial charge in [0.05, 0.1) is 6.20 Å². The molecule has 0 radical (unpaired) electrons. The number of aromatic amines is 1. The number of hydrogen-bond donors (Lipinski definition) is 2. The predicted molar refractivity (Wildman–Crippen MR) is 50.6 cm³/mol. The van der Waals surface area contributed by atoms with Gasteiger partial charge < -0.3 is 14.7 Å². The average Bonchev–Trinajstić information content (AvgIpc) is 2.71. The van der Waals surface area contributed by atoms with Gasteiger partial charge in [-0.15, -0.1) is 0 Å². The Morgan fingerprint density at radius 2 is 2.31 bits per heavy atom. The third kappa shape index (κ3) is 1.42. The Hall–Kier alpha value is -1.71. The summed E-state index contributed by atoms with van der Waals surface area (Å²) in [4.78, 5) is 7.17. The summed E-state index contributed by atoms with van der Waals surface area (Å²) >= 11 is 0. The van der Waals surface area contributed by atoms with Crippen molar-refractivity contribution < 1.29 is 4.42 Å². The molecule has 0 aliphatic carbocycles. The first kappa shape index (κ1) is 7.91. The highest BCUT2D eigenvalue weighted by Gasteiger charge is 2.04. The lowest BCUT2D eigenvalue weighted by Gasteiger charge is -1.91. The van der Waals surface area contributed by atoms with Gasteiger partial charge in [0.25, 0.3) is 0 Å². The molecule has 68 valence electrons. The van der Waals surface area contributed by atoms with Gasteiger partial charge in [-0.2, -0.15) is 0 Å². The third-order valence-corrected chi connectivity index (χ3v) is 1.82. The number of rotatable bonds is 2. The van der Waals surface area contributed by atoms with Crippen molar-refractivity contribution in [2.24, 2.45) is 0 Å². The number of aryl methyl sites for hydroxylation is 1. The molecular formula is C9H11N3O. The third-order valence-electron chi connectivity index (χ3n) is 1.82. The molecule has 0 bridgehead atoms. The molecule has 0 fully saturated rings. The SMILES string of the molecule is CNc1ncc(-c2ccc(C)o2)[nH]1. The second kappa shape index (κ2) is 2.97. The topological polar surface area (TPSA) is 53.9 Å². The van der Waals surface area contributed by atoms with Crippen LogP contribution in [0, 0.1) is 6.92 Å². The van der Waals surface area contributed by atoms with E-state index in [-0.39, 0.29) is 0 Å². The molecule has 0 saturated carbocycles. The number of imidazole rings is 1. The zero-order valence-electron chi connectivity index (χ0n) is 7.59. The first-order valence-corrected chi connectivity index (χ1v) is 4.09. The van der Waals surface area contributed by atoms with Gasteiger partial charge in [-0.25, -0.2) is 4.98 Å². The Morgan fingerprint density at radius 1 is 1.46 bits per heavy atom. The number of furan rings is 1. The van der Waals surface area contributed by atoms with Crippen molar-refractivity contribution in [3.05, 3.63) is 24.1 Å². The molecular weight excluding hydrogens is 166 g/mol. The molecule has 13 heavy (non-hydrogen) atoms. The maximum Gasteiger partial charge on any atom is 0.200 e. The molecule has 4 nitrogen and oxygen atoms in total. The Labute approximate surface area is 76.0 Å². The van der Waals surface area contributed by atoms with Gasteiger partial charge in [-0.05, 0) is 19.1 Å². The molecule has 0 aliphatic heterocycles. The van der Waals surface area contributed by atoms with Crippen molar-refractivity contribution in [3.63, 3.8) is 0 Å². The van der Waals surface area contributed by atoms with Gasteiger partial charge in [0.2, 0.25) is 0 Å². The lowest BCUT2D eigenvalue weighted by molar-refractivity contribution is 0.547. The van der Waals surface area contributed by atoms with Crippen LogP contribution in [0.25, 0.3) is 11.5 Å². The van der Waals surface area contributed by atoms with Gasteiger partial charge >= 0.3 is 0 Å². The zero-order chi connectivity index (χ0) is 9.26. The van der Waals surface area contributed by atoms with E-state index in [0.717, 1.165) is 23.2 Å². The number of nitrogens with one attached hydrogen (secondary N) is 2. The number of H-pyrrole nitrogens is 1. The quantitative estimate of drug-likeness (QED) is 0.737. The molecule has 2 aromatic rings. The molecule has 0 amide bonds. The largest absolute Gasteiger partial charge is 0.460 e. The smallest absolute Gasteiger partial charge is 0.200 e. The average molecular weight is 177 g/mol. The summed E-state index contributed by atoms with van der Waals surface area (Å²) in [6, 6.07) is 3.84. The monoisotopic (exact) mass is 177 g/mol. The van der Waals surface area contributed by atoms with Gasteiger partial charge in [0.15, 0.2) is 11.7 Å². The van der Waals surface area contributed by atoms with Gasteiger partial charge in [0.1, 0.15) is 11.5 Å². The minimum atomic E-state index is 0.740. The molecule has 0 aliphatic rings. The second-order valence-electron chi connectivity index (χ2n) is 2.81. The molecule has 0 unspecified atom stereocenters. The molecule has 0 spiro atoms. The Balaban J connectivity index is 2.35. The number of aromatic nitrogens is 2. The van der Waals surface area contributed by atoms with Crippen LogP contribution < -0.4 is 5.32 Å². The van der Waals surface area contributed by atoms with E-state index in [4.69, 9.17) is 4.42 Å². The van der Waals surface area contributed by atoms with Gasteiger partial charge in [-0.3, -0.25) is 0 Å². The van der Waals surface area contributed by atoms with E-state index >= 15 is 0 Å². The lowest BCUT2D eigenvalue weighted by atomic mass is 10.3. The summed E-state index contributed by atoms with van der Waals surface area (Å²) in [5.74, 6) is 2.45. The highest BCUT2D eigenvalue weighted by molar-refractivity contribution is 5.53. The summed E-state index contributed by atoms with van der Waals surface area (Å²) in [5.41, 5.74) is 0.887. The van der Waals surface area contributed by atoms with Crippen LogP contribution in [-0.4, -0.2) is 17.0 Å². The molecule has 0 aromatic carbocycles. The van der Waals surface area contributed by atoms with Crippen LogP contribution in [0.5, 0.6) is 0 Å². The van der Waals surface area contributed by atoms with E-state index in [1.165, 1.54) is 0 Å². The van der Waals surface area contributed by atoms with Crippen molar-refractivity contribution in [1.82, 2.24) is 9.97 Å². The van der Waals surface area contributed by atoms with E-state index in [2.05, 4.69) is 15.3 Å². The normalized spacial score (nSPS) is 10.3. The summed E-state index contributed by atoms with van der Waals surface area (Å²) in [6.07, 6.45) is 1.74. The van der Waals surface area contributed by atoms with Crippen LogP contribution in [0.3, 0.4) is 0 Å². The first-order valence-electron chi connectivity index (χ1n) is 4.09. The number of hydrogen-bond acceptors (Lipinski definition) is 3. The van der Waals surface area contributed by atoms with E-state index in [1.54, 1.807) is 6.20 Å². The zero-order valence-corrected chi connectivity index (χ0v) is 7.59. The molecule has 4 heteroatoms. The standard InChI is InChI=1S/C9H11N3O/c1-6-3-4-8(13-6)7-5-11-9(10-2)12-7/h3-5H,1-2H3,(H2,10,11,12). The van der Waals surface area contributed by atoms with Crippen LogP contribution in [-0.2, 0) is 0 Å².